The van der Waals surface area contributed by atoms with E-state index < -0.39 is 10.0 Å². The Labute approximate surface area is 161 Å². The van der Waals surface area contributed by atoms with Gasteiger partial charge in [0.25, 0.3) is 0 Å². The van der Waals surface area contributed by atoms with Crippen LogP contribution in [0.3, 0.4) is 0 Å². The number of piperidine rings is 1. The lowest BCUT2D eigenvalue weighted by Gasteiger charge is -2.31. The molecule has 0 aromatic carbocycles. The van der Waals surface area contributed by atoms with Gasteiger partial charge in [-0.05, 0) is 24.8 Å². The zero-order chi connectivity index (χ0) is 19.3. The fraction of sp³-hybridized carbons (Fsp3) is 0.667. The number of guanidine groups is 1. The number of ether oxygens (including phenoxy) is 1. The van der Waals surface area contributed by atoms with Crippen molar-refractivity contribution >= 4 is 16.0 Å². The molecule has 3 heterocycles. The number of aromatic nitrogens is 1. The van der Waals surface area contributed by atoms with Gasteiger partial charge in [0, 0.05) is 51.9 Å². The first-order valence-electron chi connectivity index (χ1n) is 9.44. The summed E-state index contributed by atoms with van der Waals surface area (Å²) in [7, 11) is -1.28. The van der Waals surface area contributed by atoms with Crippen molar-refractivity contribution in [3.8, 4) is 5.88 Å². The smallest absolute Gasteiger partial charge is 0.213 e. The third kappa shape index (κ3) is 5.55. The lowest BCUT2D eigenvalue weighted by Crippen LogP contribution is -2.45. The molecule has 1 aromatic rings. The molecule has 0 bridgehead atoms. The first-order chi connectivity index (χ1) is 13.0. The number of rotatable bonds is 5. The maximum absolute atomic E-state index is 11.6. The number of aliphatic imine (C=N–C) groups is 1. The lowest BCUT2D eigenvalue weighted by molar-refractivity contribution is 0.205. The zero-order valence-corrected chi connectivity index (χ0v) is 16.9. The molecule has 3 rings (SSSR count). The Morgan fingerprint density at radius 3 is 2.70 bits per heavy atom. The van der Waals surface area contributed by atoms with Gasteiger partial charge in [-0.3, -0.25) is 4.99 Å². The van der Waals surface area contributed by atoms with Crippen LogP contribution in [0.5, 0.6) is 5.88 Å². The van der Waals surface area contributed by atoms with Crippen molar-refractivity contribution < 1.29 is 13.2 Å². The molecule has 0 saturated carbocycles. The van der Waals surface area contributed by atoms with Gasteiger partial charge in [-0.2, -0.15) is 0 Å². The molecule has 1 aromatic heterocycles. The Kier molecular flexibility index (Phi) is 6.54. The van der Waals surface area contributed by atoms with E-state index in [2.05, 4.69) is 20.2 Å². The standard InChI is InChI=1S/C18H29N5O3S/c1-19-18(21-13-15-6-11-23(12-7-15)27(2,24)25)22-10-8-16(14-22)26-17-5-3-4-9-20-17/h3-5,9,15-16H,6-8,10-14H2,1-2H3,(H,19,21). The molecule has 0 spiro atoms. The van der Waals surface area contributed by atoms with E-state index in [1.54, 1.807) is 17.5 Å². The SMILES string of the molecule is CN=C(NCC1CCN(S(C)(=O)=O)CC1)N1CCC(Oc2ccccn2)C1. The molecule has 1 atom stereocenters. The third-order valence-electron chi connectivity index (χ3n) is 5.17. The van der Waals surface area contributed by atoms with Gasteiger partial charge in [0.05, 0.1) is 12.8 Å². The van der Waals surface area contributed by atoms with Crippen molar-refractivity contribution in [2.24, 2.45) is 10.9 Å². The molecule has 2 fully saturated rings. The summed E-state index contributed by atoms with van der Waals surface area (Å²) in [5.41, 5.74) is 0. The highest BCUT2D eigenvalue weighted by molar-refractivity contribution is 7.88. The number of hydrogen-bond acceptors (Lipinski definition) is 5. The van der Waals surface area contributed by atoms with Gasteiger partial charge in [-0.1, -0.05) is 6.07 Å². The van der Waals surface area contributed by atoms with Crippen LogP contribution in [0, 0.1) is 5.92 Å². The van der Waals surface area contributed by atoms with Crippen LogP contribution < -0.4 is 10.1 Å². The van der Waals surface area contributed by atoms with E-state index in [0.717, 1.165) is 44.9 Å². The van der Waals surface area contributed by atoms with Crippen molar-refractivity contribution in [1.82, 2.24) is 19.5 Å². The van der Waals surface area contributed by atoms with Crippen molar-refractivity contribution in [2.45, 2.75) is 25.4 Å². The third-order valence-corrected chi connectivity index (χ3v) is 6.48. The van der Waals surface area contributed by atoms with Crippen LogP contribution in [0.1, 0.15) is 19.3 Å². The molecule has 2 saturated heterocycles. The summed E-state index contributed by atoms with van der Waals surface area (Å²) in [6, 6.07) is 5.67. The highest BCUT2D eigenvalue weighted by atomic mass is 32.2. The highest BCUT2D eigenvalue weighted by Crippen LogP contribution is 2.19. The number of likely N-dealkylation sites (tertiary alicyclic amines) is 1. The summed E-state index contributed by atoms with van der Waals surface area (Å²) in [5.74, 6) is 2.00. The molecule has 1 N–H and O–H groups in total. The molecule has 0 aliphatic carbocycles. The fourth-order valence-corrected chi connectivity index (χ4v) is 4.49. The Hall–Kier alpha value is -1.87. The van der Waals surface area contributed by atoms with Crippen molar-refractivity contribution in [3.63, 3.8) is 0 Å². The van der Waals surface area contributed by atoms with Crippen LogP contribution in [0.2, 0.25) is 0 Å². The molecular weight excluding hydrogens is 366 g/mol. The molecule has 2 aliphatic heterocycles. The first kappa shape index (κ1) is 19.9. The highest BCUT2D eigenvalue weighted by Gasteiger charge is 2.28. The molecular formula is C18H29N5O3S. The van der Waals surface area contributed by atoms with Crippen LogP contribution in [-0.4, -0.2) is 80.7 Å². The van der Waals surface area contributed by atoms with Crippen LogP contribution in [0.4, 0.5) is 0 Å². The normalized spacial score (nSPS) is 22.8. The quantitative estimate of drug-likeness (QED) is 0.586. The number of hydrogen-bond donors (Lipinski definition) is 1. The lowest BCUT2D eigenvalue weighted by atomic mass is 9.98. The molecule has 0 amide bonds. The van der Waals surface area contributed by atoms with Gasteiger partial charge < -0.3 is 15.0 Å². The van der Waals surface area contributed by atoms with Crippen molar-refractivity contribution in [2.75, 3.05) is 46.0 Å². The van der Waals surface area contributed by atoms with Crippen molar-refractivity contribution in [3.05, 3.63) is 24.4 Å². The fourth-order valence-electron chi connectivity index (χ4n) is 3.62. The van der Waals surface area contributed by atoms with E-state index in [1.807, 2.05) is 18.2 Å². The molecule has 2 aliphatic rings. The number of nitrogens with one attached hydrogen (secondary N) is 1. The summed E-state index contributed by atoms with van der Waals surface area (Å²) in [5, 5.41) is 3.46. The van der Waals surface area contributed by atoms with Gasteiger partial charge in [0.1, 0.15) is 6.10 Å². The second-order valence-electron chi connectivity index (χ2n) is 7.18. The average Bonchev–Trinajstić information content (AvgIpc) is 3.11. The topological polar surface area (TPSA) is 87.1 Å². The Bertz CT molecular complexity index is 733. The molecule has 150 valence electrons. The predicted molar refractivity (Wildman–Crippen MR) is 105 cm³/mol. The maximum atomic E-state index is 11.6. The van der Waals surface area contributed by atoms with Gasteiger partial charge in [-0.25, -0.2) is 17.7 Å². The zero-order valence-electron chi connectivity index (χ0n) is 16.0. The summed E-state index contributed by atoms with van der Waals surface area (Å²) in [6.07, 6.45) is 5.81. The van der Waals surface area contributed by atoms with Crippen LogP contribution >= 0.6 is 0 Å². The molecule has 27 heavy (non-hydrogen) atoms. The second-order valence-corrected chi connectivity index (χ2v) is 9.16. The Morgan fingerprint density at radius 2 is 2.07 bits per heavy atom. The number of nitrogens with zero attached hydrogens (tertiary/aromatic N) is 4. The minimum Gasteiger partial charge on any atom is -0.472 e. The van der Waals surface area contributed by atoms with Crippen LogP contribution in [0.15, 0.2) is 29.4 Å². The van der Waals surface area contributed by atoms with E-state index in [0.29, 0.717) is 24.9 Å². The molecule has 0 radical (unpaired) electrons. The summed E-state index contributed by atoms with van der Waals surface area (Å²) in [6.45, 7) is 3.69. The van der Waals surface area contributed by atoms with Crippen molar-refractivity contribution in [1.29, 1.82) is 0 Å². The molecule has 1 unspecified atom stereocenters. The van der Waals surface area contributed by atoms with E-state index in [-0.39, 0.29) is 6.10 Å². The molecule has 9 heteroatoms. The number of sulfonamides is 1. The van der Waals surface area contributed by atoms with Gasteiger partial charge in [-0.15, -0.1) is 0 Å². The largest absolute Gasteiger partial charge is 0.472 e. The van der Waals surface area contributed by atoms with E-state index in [1.165, 1.54) is 6.26 Å². The predicted octanol–water partition coefficient (Wildman–Crippen LogP) is 0.782. The minimum atomic E-state index is -3.07. The monoisotopic (exact) mass is 395 g/mol. The van der Waals surface area contributed by atoms with Crippen LogP contribution in [-0.2, 0) is 10.0 Å². The van der Waals surface area contributed by atoms with E-state index in [9.17, 15) is 8.42 Å². The average molecular weight is 396 g/mol. The summed E-state index contributed by atoms with van der Waals surface area (Å²) < 4.78 is 30.7. The Balaban J connectivity index is 1.43. The minimum absolute atomic E-state index is 0.108. The van der Waals surface area contributed by atoms with Crippen LogP contribution in [0.25, 0.3) is 0 Å². The molecule has 8 nitrogen and oxygen atoms in total. The number of pyridine rings is 1. The van der Waals surface area contributed by atoms with Gasteiger partial charge >= 0.3 is 0 Å². The van der Waals surface area contributed by atoms with E-state index in [4.69, 9.17) is 4.74 Å². The maximum Gasteiger partial charge on any atom is 0.213 e. The van der Waals surface area contributed by atoms with Gasteiger partial charge in [0.2, 0.25) is 15.9 Å². The van der Waals surface area contributed by atoms with E-state index >= 15 is 0 Å². The Morgan fingerprint density at radius 1 is 1.30 bits per heavy atom. The first-order valence-corrected chi connectivity index (χ1v) is 11.3. The summed E-state index contributed by atoms with van der Waals surface area (Å²) >= 11 is 0. The second kappa shape index (κ2) is 8.88. The summed E-state index contributed by atoms with van der Waals surface area (Å²) in [4.78, 5) is 10.8. The van der Waals surface area contributed by atoms with Gasteiger partial charge in [0.15, 0.2) is 5.96 Å².